The van der Waals surface area contributed by atoms with Crippen LogP contribution in [-0.2, 0) is 6.61 Å². The van der Waals surface area contributed by atoms with Crippen molar-refractivity contribution < 1.29 is 5.11 Å². The maximum atomic E-state index is 9.42. The van der Waals surface area contributed by atoms with Crippen LogP contribution < -0.4 is 10.2 Å². The standard InChI is InChI=1S/C18H28N2O/c1-2-9-20-12-16(10-14-5-7-19-8-6-14)17-11-15(13-21)3-4-18(17)20/h3-4,11,14,16,19,21H,2,5-10,12-13H2,1H3. The Hall–Kier alpha value is -1.06. The van der Waals surface area contributed by atoms with E-state index in [2.05, 4.69) is 35.3 Å². The quantitative estimate of drug-likeness (QED) is 0.874. The van der Waals surface area contributed by atoms with Crippen LogP contribution in [0, 0.1) is 5.92 Å². The minimum atomic E-state index is 0.154. The van der Waals surface area contributed by atoms with E-state index in [0.717, 1.165) is 18.0 Å². The lowest BCUT2D eigenvalue weighted by atomic mass is 9.85. The van der Waals surface area contributed by atoms with Crippen LogP contribution in [0.2, 0.25) is 0 Å². The summed E-state index contributed by atoms with van der Waals surface area (Å²) in [4.78, 5) is 2.54. The van der Waals surface area contributed by atoms with Crippen LogP contribution >= 0.6 is 0 Å². The lowest BCUT2D eigenvalue weighted by Gasteiger charge is -2.26. The number of benzene rings is 1. The number of rotatable bonds is 5. The molecule has 116 valence electrons. The van der Waals surface area contributed by atoms with Gasteiger partial charge in [0, 0.05) is 24.7 Å². The van der Waals surface area contributed by atoms with Crippen LogP contribution in [-0.4, -0.2) is 31.3 Å². The lowest BCUT2D eigenvalue weighted by Crippen LogP contribution is -2.29. The smallest absolute Gasteiger partial charge is 0.0681 e. The van der Waals surface area contributed by atoms with E-state index in [1.165, 1.54) is 56.6 Å². The lowest BCUT2D eigenvalue weighted by molar-refractivity contribution is 0.281. The van der Waals surface area contributed by atoms with Gasteiger partial charge in [-0.25, -0.2) is 0 Å². The summed E-state index contributed by atoms with van der Waals surface area (Å²) in [6.45, 7) is 7.08. The summed E-state index contributed by atoms with van der Waals surface area (Å²) in [5.74, 6) is 1.52. The van der Waals surface area contributed by atoms with Crippen LogP contribution in [0.15, 0.2) is 18.2 Å². The van der Waals surface area contributed by atoms with Crippen molar-refractivity contribution in [2.75, 3.05) is 31.1 Å². The van der Waals surface area contributed by atoms with E-state index in [9.17, 15) is 5.11 Å². The number of nitrogens with zero attached hydrogens (tertiary/aromatic N) is 1. The fourth-order valence-corrected chi connectivity index (χ4v) is 3.98. The van der Waals surface area contributed by atoms with E-state index in [1.807, 2.05) is 0 Å². The van der Waals surface area contributed by atoms with Gasteiger partial charge in [-0.2, -0.15) is 0 Å². The number of fused-ring (bicyclic) bond motifs is 1. The summed E-state index contributed by atoms with van der Waals surface area (Å²) in [7, 11) is 0. The molecule has 0 amide bonds. The first kappa shape index (κ1) is 14.9. The van der Waals surface area contributed by atoms with Crippen LogP contribution in [0.5, 0.6) is 0 Å². The van der Waals surface area contributed by atoms with Crippen molar-refractivity contribution >= 4 is 5.69 Å². The maximum Gasteiger partial charge on any atom is 0.0681 e. The van der Waals surface area contributed by atoms with Crippen molar-refractivity contribution in [2.45, 2.75) is 45.1 Å². The summed E-state index contributed by atoms with van der Waals surface area (Å²) < 4.78 is 0. The molecule has 0 radical (unpaired) electrons. The van der Waals surface area contributed by atoms with Gasteiger partial charge in [0.25, 0.3) is 0 Å². The van der Waals surface area contributed by atoms with Crippen LogP contribution in [0.3, 0.4) is 0 Å². The van der Waals surface area contributed by atoms with Gasteiger partial charge in [0.05, 0.1) is 6.61 Å². The second kappa shape index (κ2) is 6.80. The average Bonchev–Trinajstić information content (AvgIpc) is 2.86. The number of nitrogens with one attached hydrogen (secondary N) is 1. The van der Waals surface area contributed by atoms with E-state index < -0.39 is 0 Å². The number of piperidine rings is 1. The summed E-state index contributed by atoms with van der Waals surface area (Å²) in [6, 6.07) is 6.55. The third-order valence-corrected chi connectivity index (χ3v) is 5.07. The Morgan fingerprint density at radius 1 is 1.29 bits per heavy atom. The van der Waals surface area contributed by atoms with Gasteiger partial charge < -0.3 is 15.3 Å². The fraction of sp³-hybridized carbons (Fsp3) is 0.667. The van der Waals surface area contributed by atoms with Crippen LogP contribution in [0.25, 0.3) is 0 Å². The number of hydrogen-bond acceptors (Lipinski definition) is 3. The molecule has 3 heteroatoms. The van der Waals surface area contributed by atoms with E-state index in [0.29, 0.717) is 5.92 Å². The monoisotopic (exact) mass is 288 g/mol. The highest BCUT2D eigenvalue weighted by atomic mass is 16.3. The molecule has 0 bridgehead atoms. The second-order valence-corrected chi connectivity index (χ2v) is 6.62. The highest BCUT2D eigenvalue weighted by Crippen LogP contribution is 2.41. The van der Waals surface area contributed by atoms with Crippen molar-refractivity contribution in [1.82, 2.24) is 5.32 Å². The molecule has 0 spiro atoms. The number of aliphatic hydroxyl groups is 1. The molecule has 1 unspecified atom stereocenters. The number of hydrogen-bond donors (Lipinski definition) is 2. The Kier molecular flexibility index (Phi) is 4.81. The maximum absolute atomic E-state index is 9.42. The van der Waals surface area contributed by atoms with Crippen LogP contribution in [0.4, 0.5) is 5.69 Å². The topological polar surface area (TPSA) is 35.5 Å². The SMILES string of the molecule is CCCN1CC(CC2CCNCC2)c2cc(CO)ccc21. The minimum Gasteiger partial charge on any atom is -0.392 e. The Morgan fingerprint density at radius 3 is 2.81 bits per heavy atom. The molecule has 1 atom stereocenters. The molecule has 0 aromatic heterocycles. The van der Waals surface area contributed by atoms with E-state index in [-0.39, 0.29) is 6.61 Å². The highest BCUT2D eigenvalue weighted by Gasteiger charge is 2.30. The molecular weight excluding hydrogens is 260 g/mol. The van der Waals surface area contributed by atoms with Gasteiger partial charge in [-0.05, 0) is 61.9 Å². The molecule has 0 aliphatic carbocycles. The molecular formula is C18H28N2O. The van der Waals surface area contributed by atoms with Crippen molar-refractivity contribution in [2.24, 2.45) is 5.92 Å². The number of aliphatic hydroxyl groups excluding tert-OH is 1. The van der Waals surface area contributed by atoms with E-state index in [4.69, 9.17) is 0 Å². The van der Waals surface area contributed by atoms with Gasteiger partial charge >= 0.3 is 0 Å². The Labute approximate surface area is 128 Å². The van der Waals surface area contributed by atoms with Gasteiger partial charge in [0.2, 0.25) is 0 Å². The minimum absolute atomic E-state index is 0.154. The zero-order valence-electron chi connectivity index (χ0n) is 13.1. The Balaban J connectivity index is 1.78. The molecule has 3 nitrogen and oxygen atoms in total. The zero-order chi connectivity index (χ0) is 14.7. The summed E-state index contributed by atoms with van der Waals surface area (Å²) in [5, 5.41) is 12.9. The van der Waals surface area contributed by atoms with Gasteiger partial charge in [-0.15, -0.1) is 0 Å². The first-order chi connectivity index (χ1) is 10.3. The van der Waals surface area contributed by atoms with Gasteiger partial charge in [-0.3, -0.25) is 0 Å². The zero-order valence-corrected chi connectivity index (χ0v) is 13.1. The third kappa shape index (κ3) is 3.24. The summed E-state index contributed by atoms with van der Waals surface area (Å²) in [5.41, 5.74) is 3.95. The molecule has 1 saturated heterocycles. The fourth-order valence-electron chi connectivity index (χ4n) is 3.98. The van der Waals surface area contributed by atoms with Crippen molar-refractivity contribution in [3.63, 3.8) is 0 Å². The molecule has 0 saturated carbocycles. The van der Waals surface area contributed by atoms with Gasteiger partial charge in [0.1, 0.15) is 0 Å². The Bertz CT molecular complexity index is 468. The molecule has 21 heavy (non-hydrogen) atoms. The second-order valence-electron chi connectivity index (χ2n) is 6.62. The summed E-state index contributed by atoms with van der Waals surface area (Å²) in [6.07, 6.45) is 5.14. The highest BCUT2D eigenvalue weighted by molar-refractivity contribution is 5.61. The molecule has 2 heterocycles. The molecule has 2 N–H and O–H groups in total. The van der Waals surface area contributed by atoms with E-state index >= 15 is 0 Å². The van der Waals surface area contributed by atoms with Gasteiger partial charge in [0.15, 0.2) is 0 Å². The van der Waals surface area contributed by atoms with Crippen molar-refractivity contribution in [3.05, 3.63) is 29.3 Å². The first-order valence-corrected chi connectivity index (χ1v) is 8.51. The molecule has 2 aliphatic heterocycles. The predicted octanol–water partition coefficient (Wildman–Crippen LogP) is 2.88. The first-order valence-electron chi connectivity index (χ1n) is 8.51. The molecule has 1 fully saturated rings. The molecule has 1 aromatic rings. The molecule has 2 aliphatic rings. The summed E-state index contributed by atoms with van der Waals surface area (Å²) >= 11 is 0. The van der Waals surface area contributed by atoms with Crippen LogP contribution in [0.1, 0.15) is 49.7 Å². The predicted molar refractivity (Wildman–Crippen MR) is 87.8 cm³/mol. The normalized spacial score (nSPS) is 22.6. The third-order valence-electron chi connectivity index (χ3n) is 5.07. The molecule has 1 aromatic carbocycles. The average molecular weight is 288 g/mol. The van der Waals surface area contributed by atoms with Crippen molar-refractivity contribution in [1.29, 1.82) is 0 Å². The largest absolute Gasteiger partial charge is 0.392 e. The molecule has 3 rings (SSSR count). The van der Waals surface area contributed by atoms with Gasteiger partial charge in [-0.1, -0.05) is 19.1 Å². The van der Waals surface area contributed by atoms with Crippen molar-refractivity contribution in [3.8, 4) is 0 Å². The Morgan fingerprint density at radius 2 is 2.10 bits per heavy atom. The van der Waals surface area contributed by atoms with E-state index in [1.54, 1.807) is 0 Å². The number of anilines is 1.